The fourth-order valence-electron chi connectivity index (χ4n) is 7.69. The summed E-state index contributed by atoms with van der Waals surface area (Å²) in [6.07, 6.45) is 12.3. The largest absolute Gasteiger partial charge is 0.393 e. The van der Waals surface area contributed by atoms with Crippen LogP contribution in [0.1, 0.15) is 82.6 Å². The first-order valence-electron chi connectivity index (χ1n) is 12.9. The van der Waals surface area contributed by atoms with Crippen LogP contribution in [0.5, 0.6) is 0 Å². The molecule has 5 rings (SSSR count). The van der Waals surface area contributed by atoms with Crippen molar-refractivity contribution in [2.24, 2.45) is 17.3 Å². The lowest BCUT2D eigenvalue weighted by atomic mass is 9.51. The SMILES string of the molecule is CCCC[C@]12C[C@H](c3ccc(N(C)C)cc3)C3=C4CCC(=O)C=C4CC[C@H]3[C@@H]1CC[C@@H]2O. The molecule has 4 aliphatic carbocycles. The number of hydrogen-bond acceptors (Lipinski definition) is 3. The number of aliphatic hydroxyl groups is 1. The van der Waals surface area contributed by atoms with Gasteiger partial charge in [-0.05, 0) is 91.7 Å². The maximum absolute atomic E-state index is 12.2. The number of carbonyl (C=O) groups excluding carboxylic acids is 1. The first-order chi connectivity index (χ1) is 15.4. The molecule has 0 bridgehead atoms. The van der Waals surface area contributed by atoms with Crippen molar-refractivity contribution in [3.05, 3.63) is 52.6 Å². The summed E-state index contributed by atoms with van der Waals surface area (Å²) in [5.41, 5.74) is 7.15. The highest BCUT2D eigenvalue weighted by atomic mass is 16.3. The number of allylic oxidation sites excluding steroid dienone is 4. The summed E-state index contributed by atoms with van der Waals surface area (Å²) < 4.78 is 0. The standard InChI is InChI=1S/C29H39NO2/c1-4-5-16-29-18-25(19-6-9-21(10-7-19)30(2)3)28-23-13-11-22(31)17-20(23)8-12-24(28)26(29)14-15-27(29)32/h6-7,9-10,17,24-27,32H,4-5,8,11-16,18H2,1-3H3/t24-,25+,26-,27-,29-/m0/s1. The predicted octanol–water partition coefficient (Wildman–Crippen LogP) is 6.18. The predicted molar refractivity (Wildman–Crippen MR) is 131 cm³/mol. The quantitative estimate of drug-likeness (QED) is 0.602. The molecule has 2 fully saturated rings. The summed E-state index contributed by atoms with van der Waals surface area (Å²) in [6.45, 7) is 2.28. The van der Waals surface area contributed by atoms with E-state index in [0.717, 1.165) is 44.9 Å². The third-order valence-corrected chi connectivity index (χ3v) is 9.22. The number of aliphatic hydroxyl groups excluding tert-OH is 1. The van der Waals surface area contributed by atoms with Crippen molar-refractivity contribution in [2.75, 3.05) is 19.0 Å². The van der Waals surface area contributed by atoms with Crippen LogP contribution >= 0.6 is 0 Å². The third-order valence-electron chi connectivity index (χ3n) is 9.22. The van der Waals surface area contributed by atoms with Crippen molar-refractivity contribution in [1.29, 1.82) is 0 Å². The van der Waals surface area contributed by atoms with Crippen LogP contribution in [0.15, 0.2) is 47.1 Å². The molecule has 172 valence electrons. The van der Waals surface area contributed by atoms with E-state index in [9.17, 15) is 9.90 Å². The highest BCUT2D eigenvalue weighted by Gasteiger charge is 2.58. The topological polar surface area (TPSA) is 40.5 Å². The summed E-state index contributed by atoms with van der Waals surface area (Å²) in [7, 11) is 4.18. The lowest BCUT2D eigenvalue weighted by Gasteiger charge is -2.53. The molecule has 0 unspecified atom stereocenters. The average molecular weight is 434 g/mol. The van der Waals surface area contributed by atoms with Crippen molar-refractivity contribution in [1.82, 2.24) is 0 Å². The van der Waals surface area contributed by atoms with Crippen LogP contribution in [0.3, 0.4) is 0 Å². The van der Waals surface area contributed by atoms with E-state index >= 15 is 0 Å². The maximum atomic E-state index is 12.2. The molecule has 4 aliphatic rings. The molecule has 1 N–H and O–H groups in total. The average Bonchev–Trinajstić information content (AvgIpc) is 3.13. The minimum Gasteiger partial charge on any atom is -0.393 e. The zero-order valence-electron chi connectivity index (χ0n) is 20.1. The fourth-order valence-corrected chi connectivity index (χ4v) is 7.69. The summed E-state index contributed by atoms with van der Waals surface area (Å²) in [5, 5.41) is 11.4. The summed E-state index contributed by atoms with van der Waals surface area (Å²) in [4.78, 5) is 14.3. The number of hydrogen-bond donors (Lipinski definition) is 1. The van der Waals surface area contributed by atoms with Crippen LogP contribution < -0.4 is 4.90 Å². The van der Waals surface area contributed by atoms with E-state index in [0.29, 0.717) is 30.0 Å². The summed E-state index contributed by atoms with van der Waals surface area (Å²) >= 11 is 0. The van der Waals surface area contributed by atoms with Crippen LogP contribution in [0.25, 0.3) is 0 Å². The number of ketones is 1. The molecule has 32 heavy (non-hydrogen) atoms. The Balaban J connectivity index is 1.64. The van der Waals surface area contributed by atoms with E-state index in [4.69, 9.17) is 0 Å². The minimum atomic E-state index is -0.168. The Kier molecular flexibility index (Phi) is 5.82. The zero-order chi connectivity index (χ0) is 22.5. The van der Waals surface area contributed by atoms with Crippen molar-refractivity contribution >= 4 is 11.5 Å². The van der Waals surface area contributed by atoms with Gasteiger partial charge in [0.25, 0.3) is 0 Å². The second kappa shape index (κ2) is 8.48. The molecule has 3 heteroatoms. The van der Waals surface area contributed by atoms with E-state index < -0.39 is 0 Å². The fraction of sp³-hybridized carbons (Fsp3) is 0.621. The Morgan fingerprint density at radius 2 is 1.84 bits per heavy atom. The molecule has 0 aromatic heterocycles. The smallest absolute Gasteiger partial charge is 0.156 e. The number of anilines is 1. The van der Waals surface area contributed by atoms with Gasteiger partial charge in [0.2, 0.25) is 0 Å². The first kappa shape index (κ1) is 21.9. The molecule has 0 amide bonds. The Bertz CT molecular complexity index is 940. The minimum absolute atomic E-state index is 0.0569. The molecule has 0 aliphatic heterocycles. The molecule has 0 saturated heterocycles. The molecule has 0 heterocycles. The Morgan fingerprint density at radius 1 is 1.06 bits per heavy atom. The van der Waals surface area contributed by atoms with Gasteiger partial charge in [0.05, 0.1) is 6.10 Å². The van der Waals surface area contributed by atoms with Crippen LogP contribution in [-0.2, 0) is 4.79 Å². The van der Waals surface area contributed by atoms with Gasteiger partial charge in [0, 0.05) is 37.5 Å². The van der Waals surface area contributed by atoms with Gasteiger partial charge in [-0.2, -0.15) is 0 Å². The van der Waals surface area contributed by atoms with Crippen LogP contribution in [0, 0.1) is 17.3 Å². The number of fused-ring (bicyclic) bond motifs is 4. The number of nitrogens with zero attached hydrogens (tertiary/aromatic N) is 1. The van der Waals surface area contributed by atoms with Gasteiger partial charge < -0.3 is 10.0 Å². The second-order valence-corrected chi connectivity index (χ2v) is 11.0. The number of benzene rings is 1. The monoisotopic (exact) mass is 433 g/mol. The molecular weight excluding hydrogens is 394 g/mol. The van der Waals surface area contributed by atoms with E-state index in [2.05, 4.69) is 50.2 Å². The summed E-state index contributed by atoms with van der Waals surface area (Å²) in [5.74, 6) is 1.84. The van der Waals surface area contributed by atoms with E-state index in [1.807, 2.05) is 6.08 Å². The van der Waals surface area contributed by atoms with Crippen molar-refractivity contribution in [3.63, 3.8) is 0 Å². The number of rotatable bonds is 5. The van der Waals surface area contributed by atoms with Gasteiger partial charge in [0.1, 0.15) is 0 Å². The van der Waals surface area contributed by atoms with E-state index in [1.54, 1.807) is 5.57 Å². The van der Waals surface area contributed by atoms with E-state index in [-0.39, 0.29) is 11.5 Å². The highest BCUT2D eigenvalue weighted by molar-refractivity contribution is 5.93. The second-order valence-electron chi connectivity index (χ2n) is 11.0. The van der Waals surface area contributed by atoms with Gasteiger partial charge >= 0.3 is 0 Å². The third kappa shape index (κ3) is 3.48. The molecule has 1 aromatic rings. The molecule has 2 saturated carbocycles. The molecule has 3 nitrogen and oxygen atoms in total. The maximum Gasteiger partial charge on any atom is 0.156 e. The van der Waals surface area contributed by atoms with Gasteiger partial charge in [-0.3, -0.25) is 4.79 Å². The van der Waals surface area contributed by atoms with Crippen molar-refractivity contribution < 1.29 is 9.90 Å². The van der Waals surface area contributed by atoms with Gasteiger partial charge in [-0.15, -0.1) is 0 Å². The number of carbonyl (C=O) groups is 1. The lowest BCUT2D eigenvalue weighted by molar-refractivity contribution is -0.114. The molecule has 5 atom stereocenters. The Labute approximate surface area is 193 Å². The van der Waals surface area contributed by atoms with Crippen LogP contribution in [-0.4, -0.2) is 31.1 Å². The molecule has 1 aromatic carbocycles. The van der Waals surface area contributed by atoms with Crippen molar-refractivity contribution in [2.45, 2.75) is 83.2 Å². The summed E-state index contributed by atoms with van der Waals surface area (Å²) in [6, 6.07) is 9.14. The van der Waals surface area contributed by atoms with Gasteiger partial charge in [-0.1, -0.05) is 37.5 Å². The van der Waals surface area contributed by atoms with Crippen LogP contribution in [0.2, 0.25) is 0 Å². The van der Waals surface area contributed by atoms with Crippen LogP contribution in [0.4, 0.5) is 5.69 Å². The highest BCUT2D eigenvalue weighted by Crippen LogP contribution is 2.65. The Hall–Kier alpha value is -1.87. The normalized spacial score (nSPS) is 34.0. The lowest BCUT2D eigenvalue weighted by Crippen LogP contribution is -2.46. The first-order valence-corrected chi connectivity index (χ1v) is 12.9. The molecule has 0 radical (unpaired) electrons. The van der Waals surface area contributed by atoms with Crippen molar-refractivity contribution in [3.8, 4) is 0 Å². The molecular formula is C29H39NO2. The van der Waals surface area contributed by atoms with Gasteiger partial charge in [-0.25, -0.2) is 0 Å². The molecule has 0 spiro atoms. The zero-order valence-corrected chi connectivity index (χ0v) is 20.1. The number of unbranched alkanes of at least 4 members (excludes halogenated alkanes) is 1. The van der Waals surface area contributed by atoms with E-state index in [1.165, 1.54) is 35.2 Å². The Morgan fingerprint density at radius 3 is 2.56 bits per heavy atom. The van der Waals surface area contributed by atoms with Gasteiger partial charge in [0.15, 0.2) is 5.78 Å².